The molecule has 2 aromatic heterocycles. The Bertz CT molecular complexity index is 1640. The molecule has 2 aliphatic rings. The number of carbonyl (C=O) groups is 6. The second kappa shape index (κ2) is 19.6. The third kappa shape index (κ3) is 11.4. The number of aromatic nitrogens is 3. The predicted molar refractivity (Wildman–Crippen MR) is 201 cm³/mol. The summed E-state index contributed by atoms with van der Waals surface area (Å²) in [6, 6.07) is -1.11. The van der Waals surface area contributed by atoms with Crippen molar-refractivity contribution in [1.29, 1.82) is 0 Å². The number of carbonyl (C=O) groups excluding carboxylic acids is 6. The van der Waals surface area contributed by atoms with Crippen LogP contribution >= 0.6 is 11.6 Å². The Morgan fingerprint density at radius 3 is 2.37 bits per heavy atom. The van der Waals surface area contributed by atoms with Crippen LogP contribution in [0.2, 0.25) is 5.02 Å². The molecular formula is C39H52ClN7O7. The van der Waals surface area contributed by atoms with Gasteiger partial charge in [0.05, 0.1) is 23.8 Å². The third-order valence-electron chi connectivity index (χ3n) is 9.78. The van der Waals surface area contributed by atoms with E-state index in [9.17, 15) is 28.8 Å². The lowest BCUT2D eigenvalue weighted by molar-refractivity contribution is -0.145. The van der Waals surface area contributed by atoms with Crippen molar-refractivity contribution in [1.82, 2.24) is 35.8 Å². The van der Waals surface area contributed by atoms with Gasteiger partial charge in [-0.1, -0.05) is 71.1 Å². The van der Waals surface area contributed by atoms with Gasteiger partial charge in [-0.05, 0) is 43.1 Å². The smallest absolute Gasteiger partial charge is 0.272 e. The summed E-state index contributed by atoms with van der Waals surface area (Å²) in [5.74, 6) is -3.52. The fourth-order valence-electron chi connectivity index (χ4n) is 6.90. The van der Waals surface area contributed by atoms with E-state index in [0.717, 1.165) is 19.3 Å². The highest BCUT2D eigenvalue weighted by Crippen LogP contribution is 2.30. The van der Waals surface area contributed by atoms with E-state index in [2.05, 4.69) is 37.5 Å². The largest absolute Gasteiger partial charge is 0.472 e. The van der Waals surface area contributed by atoms with Gasteiger partial charge in [0.25, 0.3) is 5.91 Å². The number of pyridine rings is 1. The number of likely N-dealkylation sites (tertiary alicyclic amines) is 1. The highest BCUT2D eigenvalue weighted by Gasteiger charge is 2.47. The van der Waals surface area contributed by atoms with Crippen molar-refractivity contribution in [3.8, 4) is 5.88 Å². The van der Waals surface area contributed by atoms with Crippen LogP contribution in [-0.4, -0.2) is 91.9 Å². The van der Waals surface area contributed by atoms with Gasteiger partial charge in [0, 0.05) is 37.5 Å². The van der Waals surface area contributed by atoms with Crippen molar-refractivity contribution in [2.75, 3.05) is 6.54 Å². The lowest BCUT2D eigenvalue weighted by Crippen LogP contribution is -2.62. The van der Waals surface area contributed by atoms with Gasteiger partial charge in [0.15, 0.2) is 0 Å². The van der Waals surface area contributed by atoms with E-state index >= 15 is 0 Å². The van der Waals surface area contributed by atoms with Crippen molar-refractivity contribution in [3.05, 3.63) is 60.3 Å². The van der Waals surface area contributed by atoms with Crippen molar-refractivity contribution in [2.45, 2.75) is 122 Å². The summed E-state index contributed by atoms with van der Waals surface area (Å²) < 4.78 is 6.10. The molecule has 1 aliphatic carbocycles. The van der Waals surface area contributed by atoms with Gasteiger partial charge in [-0.2, -0.15) is 0 Å². The molecule has 4 rings (SSSR count). The van der Waals surface area contributed by atoms with Crippen LogP contribution < -0.4 is 20.7 Å². The van der Waals surface area contributed by atoms with Crippen molar-refractivity contribution in [2.24, 2.45) is 11.3 Å². The summed E-state index contributed by atoms with van der Waals surface area (Å²) in [6.45, 7) is 10.8. The predicted octanol–water partition coefficient (Wildman–Crippen LogP) is 4.17. The van der Waals surface area contributed by atoms with Crippen LogP contribution in [0.5, 0.6) is 5.88 Å². The molecule has 0 bridgehead atoms. The van der Waals surface area contributed by atoms with Crippen LogP contribution in [0, 0.1) is 11.3 Å². The molecule has 1 saturated heterocycles. The molecule has 4 amide bonds. The Hall–Kier alpha value is -4.72. The number of ether oxygens (including phenoxy) is 1. The molecule has 0 aromatic carbocycles. The standard InChI is InChI=1S/C39H52ClN7O7/c1-6-8-15-30(48)33(49)27(12-7-2)44-36(51)29-20-26(54-31-17-16-25(40)21-43-31)23-47(29)38(53)34(39(3,4)5)46-37(52)32(24-13-10-9-11-14-24)45-35(50)28-22-41-18-19-42-28/h6,16-19,21-22,24,26-27,29,32,34H,1,7-15,20,23H2,2-5H3,(H,44,51)(H,45,50)(H,46,52)/t26-,27+,29?,32+,34-/m1/s1. The summed E-state index contributed by atoms with van der Waals surface area (Å²) in [5.41, 5.74) is -0.793. The minimum atomic E-state index is -1.14. The Balaban J connectivity index is 1.62. The number of ketones is 2. The first-order valence-electron chi connectivity index (χ1n) is 18.7. The van der Waals surface area contributed by atoms with E-state index in [1.165, 1.54) is 29.7 Å². The number of nitrogens with one attached hydrogen (secondary N) is 3. The minimum Gasteiger partial charge on any atom is -0.472 e. The normalized spacial score (nSPS) is 19.2. The van der Waals surface area contributed by atoms with Gasteiger partial charge in [-0.15, -0.1) is 6.58 Å². The lowest BCUT2D eigenvalue weighted by atomic mass is 9.82. The minimum absolute atomic E-state index is 0.0233. The first kappa shape index (κ1) is 42.0. The molecular weight excluding hydrogens is 714 g/mol. The van der Waals surface area contributed by atoms with Crippen molar-refractivity contribution >= 4 is 46.8 Å². The summed E-state index contributed by atoms with van der Waals surface area (Å²) in [5, 5.41) is 8.95. The Morgan fingerprint density at radius 2 is 1.76 bits per heavy atom. The molecule has 15 heteroatoms. The highest BCUT2D eigenvalue weighted by molar-refractivity contribution is 6.39. The van der Waals surface area contributed by atoms with E-state index in [1.807, 2.05) is 6.92 Å². The zero-order valence-corrected chi connectivity index (χ0v) is 32.3. The van der Waals surface area contributed by atoms with E-state index in [-0.39, 0.29) is 43.3 Å². The molecule has 14 nitrogen and oxygen atoms in total. The van der Waals surface area contributed by atoms with Gasteiger partial charge in [0.2, 0.25) is 35.2 Å². The number of hydrogen-bond donors (Lipinski definition) is 3. The van der Waals surface area contributed by atoms with Crippen LogP contribution in [0.3, 0.4) is 0 Å². The van der Waals surface area contributed by atoms with Crippen molar-refractivity contribution in [3.63, 3.8) is 0 Å². The molecule has 1 unspecified atom stereocenters. The van der Waals surface area contributed by atoms with E-state index in [4.69, 9.17) is 16.3 Å². The number of halogens is 1. The van der Waals surface area contributed by atoms with E-state index < -0.39 is 70.9 Å². The Morgan fingerprint density at radius 1 is 1.02 bits per heavy atom. The van der Waals surface area contributed by atoms with Crippen molar-refractivity contribution < 1.29 is 33.5 Å². The molecule has 3 heterocycles. The molecule has 1 saturated carbocycles. The second-order valence-corrected chi connectivity index (χ2v) is 15.4. The van der Waals surface area contributed by atoms with Gasteiger partial charge >= 0.3 is 0 Å². The number of Topliss-reactive ketones (excluding diaryl/α,β-unsaturated/α-hetero) is 2. The maximum atomic E-state index is 14.7. The van der Waals surface area contributed by atoms with Gasteiger partial charge in [-0.3, -0.25) is 33.8 Å². The number of rotatable bonds is 17. The van der Waals surface area contributed by atoms with Crippen LogP contribution in [0.15, 0.2) is 49.6 Å². The number of amides is 4. The van der Waals surface area contributed by atoms with Gasteiger partial charge in [0.1, 0.15) is 29.9 Å². The molecule has 54 heavy (non-hydrogen) atoms. The first-order valence-corrected chi connectivity index (χ1v) is 19.1. The van der Waals surface area contributed by atoms with E-state index in [0.29, 0.717) is 30.7 Å². The van der Waals surface area contributed by atoms with Gasteiger partial charge in [-0.25, -0.2) is 9.97 Å². The molecule has 3 N–H and O–H groups in total. The van der Waals surface area contributed by atoms with Gasteiger partial charge < -0.3 is 25.6 Å². The van der Waals surface area contributed by atoms with E-state index in [1.54, 1.807) is 39.0 Å². The topological polar surface area (TPSA) is 190 Å². The summed E-state index contributed by atoms with van der Waals surface area (Å²) in [4.78, 5) is 95.7. The Kier molecular flexibility index (Phi) is 15.2. The highest BCUT2D eigenvalue weighted by atomic mass is 35.5. The monoisotopic (exact) mass is 765 g/mol. The fraction of sp³-hybridized carbons (Fsp3) is 0.564. The zero-order chi connectivity index (χ0) is 39.4. The maximum absolute atomic E-state index is 14.7. The Labute approximate surface area is 321 Å². The first-order chi connectivity index (χ1) is 25.7. The molecule has 292 valence electrons. The summed E-state index contributed by atoms with van der Waals surface area (Å²) in [7, 11) is 0. The molecule has 0 spiro atoms. The number of hydrogen-bond acceptors (Lipinski definition) is 10. The number of nitrogens with zero attached hydrogens (tertiary/aromatic N) is 4. The lowest BCUT2D eigenvalue weighted by Gasteiger charge is -2.37. The molecule has 2 aromatic rings. The quantitative estimate of drug-likeness (QED) is 0.156. The molecule has 5 atom stereocenters. The molecule has 0 radical (unpaired) electrons. The van der Waals surface area contributed by atoms with Crippen LogP contribution in [0.25, 0.3) is 0 Å². The third-order valence-corrected chi connectivity index (χ3v) is 10.0. The molecule has 2 fully saturated rings. The van der Waals surface area contributed by atoms with Crippen LogP contribution in [-0.2, 0) is 24.0 Å². The summed E-state index contributed by atoms with van der Waals surface area (Å²) >= 11 is 6.01. The SMILES string of the molecule is C=CCCC(=O)C(=O)[C@H](CCC)NC(=O)C1C[C@@H](Oc2ccc(Cl)cn2)CN1C(=O)[C@@H](NC(=O)[C@@H](NC(=O)c1cnccn1)C1CCCCC1)C(C)(C)C. The molecule has 1 aliphatic heterocycles. The van der Waals surface area contributed by atoms with Crippen LogP contribution in [0.1, 0.15) is 102 Å². The maximum Gasteiger partial charge on any atom is 0.272 e. The van der Waals surface area contributed by atoms with Crippen LogP contribution in [0.4, 0.5) is 0 Å². The number of allylic oxidation sites excluding steroid dienone is 1. The second-order valence-electron chi connectivity index (χ2n) is 15.0. The fourth-order valence-corrected chi connectivity index (χ4v) is 7.01. The average molecular weight is 766 g/mol. The zero-order valence-electron chi connectivity index (χ0n) is 31.5. The summed E-state index contributed by atoms with van der Waals surface area (Å²) in [6.07, 6.45) is 11.8. The average Bonchev–Trinajstić information content (AvgIpc) is 3.59.